The Hall–Kier alpha value is -2.08. The summed E-state index contributed by atoms with van der Waals surface area (Å²) in [5.74, 6) is 1.05. The monoisotopic (exact) mass is 346 g/mol. The predicted octanol–water partition coefficient (Wildman–Crippen LogP) is 2.49. The summed E-state index contributed by atoms with van der Waals surface area (Å²) < 4.78 is 10.0. The molecule has 1 aliphatic heterocycles. The van der Waals surface area contributed by atoms with Crippen LogP contribution in [0.2, 0.25) is 0 Å². The second-order valence-electron chi connectivity index (χ2n) is 6.79. The number of carbonyl (C=O) groups excluding carboxylic acids is 2. The van der Waals surface area contributed by atoms with E-state index in [1.54, 1.807) is 12.1 Å². The van der Waals surface area contributed by atoms with Crippen molar-refractivity contribution in [2.75, 3.05) is 19.0 Å². The number of rotatable bonds is 6. The highest BCUT2D eigenvalue weighted by atomic mass is 16.5. The first-order chi connectivity index (χ1) is 12.2. The highest BCUT2D eigenvalue weighted by Gasteiger charge is 2.38. The molecular formula is C19H26N2O4. The van der Waals surface area contributed by atoms with Crippen molar-refractivity contribution < 1.29 is 19.1 Å². The third-order valence-electron chi connectivity index (χ3n) is 5.10. The number of anilines is 1. The summed E-state index contributed by atoms with van der Waals surface area (Å²) in [6.45, 7) is 0.271. The number of ether oxygens (including phenoxy) is 2. The van der Waals surface area contributed by atoms with E-state index in [9.17, 15) is 9.59 Å². The van der Waals surface area contributed by atoms with Gasteiger partial charge in [-0.25, -0.2) is 0 Å². The molecule has 0 aromatic heterocycles. The van der Waals surface area contributed by atoms with Crippen LogP contribution in [0.15, 0.2) is 24.3 Å². The molecule has 1 saturated carbocycles. The van der Waals surface area contributed by atoms with Gasteiger partial charge < -0.3 is 20.1 Å². The normalized spacial score (nSPS) is 25.1. The summed E-state index contributed by atoms with van der Waals surface area (Å²) in [5, 5.41) is 6.46. The molecule has 1 aromatic rings. The van der Waals surface area contributed by atoms with Crippen LogP contribution in [0.5, 0.6) is 5.75 Å². The largest absolute Gasteiger partial charge is 0.493 e. The van der Waals surface area contributed by atoms with E-state index >= 15 is 0 Å². The summed E-state index contributed by atoms with van der Waals surface area (Å²) in [5.41, 5.74) is 0.752. The Labute approximate surface area is 148 Å². The molecule has 25 heavy (non-hydrogen) atoms. The summed E-state index contributed by atoms with van der Waals surface area (Å²) in [6, 6.07) is 7.61. The Morgan fingerprint density at radius 3 is 2.68 bits per heavy atom. The molecule has 0 spiro atoms. The van der Waals surface area contributed by atoms with E-state index < -0.39 is 0 Å². The summed E-state index contributed by atoms with van der Waals surface area (Å²) in [7, 11) is 1.36. The number of esters is 1. The zero-order valence-electron chi connectivity index (χ0n) is 14.6. The minimum Gasteiger partial charge on any atom is -0.493 e. The van der Waals surface area contributed by atoms with E-state index in [-0.39, 0.29) is 30.9 Å². The van der Waals surface area contributed by atoms with Crippen molar-refractivity contribution >= 4 is 17.6 Å². The molecule has 6 nitrogen and oxygen atoms in total. The summed E-state index contributed by atoms with van der Waals surface area (Å²) in [4.78, 5) is 23.5. The summed E-state index contributed by atoms with van der Waals surface area (Å²) >= 11 is 0. The van der Waals surface area contributed by atoms with E-state index in [1.807, 2.05) is 12.1 Å². The van der Waals surface area contributed by atoms with Gasteiger partial charge in [-0.1, -0.05) is 12.8 Å². The first-order valence-corrected chi connectivity index (χ1v) is 9.02. The molecule has 3 atom stereocenters. The minimum absolute atomic E-state index is 0.0359. The maximum absolute atomic E-state index is 12.5. The average Bonchev–Trinajstić information content (AvgIpc) is 3.07. The minimum atomic E-state index is -0.298. The van der Waals surface area contributed by atoms with Crippen LogP contribution in [0, 0.1) is 5.92 Å². The Kier molecular flexibility index (Phi) is 5.91. The van der Waals surface area contributed by atoms with E-state index in [4.69, 9.17) is 4.74 Å². The molecule has 1 aliphatic carbocycles. The number of hydrogen-bond acceptors (Lipinski definition) is 5. The number of nitrogens with one attached hydrogen (secondary N) is 2. The molecule has 2 fully saturated rings. The molecule has 1 saturated heterocycles. The molecule has 2 N–H and O–H groups in total. The summed E-state index contributed by atoms with van der Waals surface area (Å²) in [6.07, 6.45) is 6.12. The smallest absolute Gasteiger partial charge is 0.308 e. The van der Waals surface area contributed by atoms with Crippen LogP contribution in [-0.2, 0) is 14.3 Å². The molecule has 3 unspecified atom stereocenters. The van der Waals surface area contributed by atoms with Gasteiger partial charge in [0.2, 0.25) is 5.91 Å². The zero-order chi connectivity index (χ0) is 17.6. The zero-order valence-corrected chi connectivity index (χ0v) is 14.6. The Bertz CT molecular complexity index is 588. The molecule has 136 valence electrons. The lowest BCUT2D eigenvalue weighted by molar-refractivity contribution is -0.141. The van der Waals surface area contributed by atoms with Gasteiger partial charge in [-0.2, -0.15) is 0 Å². The molecule has 6 heteroatoms. The van der Waals surface area contributed by atoms with Crippen LogP contribution in [0.4, 0.5) is 5.69 Å². The second kappa shape index (κ2) is 8.34. The van der Waals surface area contributed by atoms with Crippen LogP contribution in [0.25, 0.3) is 0 Å². The lowest BCUT2D eigenvalue weighted by Gasteiger charge is -2.24. The van der Waals surface area contributed by atoms with Gasteiger partial charge in [-0.05, 0) is 49.4 Å². The lowest BCUT2D eigenvalue weighted by atomic mass is 9.85. The van der Waals surface area contributed by atoms with Crippen LogP contribution in [0.1, 0.15) is 38.5 Å². The average molecular weight is 346 g/mol. The molecule has 0 radical (unpaired) electrons. The molecule has 2 aliphatic rings. The van der Waals surface area contributed by atoms with Gasteiger partial charge >= 0.3 is 5.97 Å². The van der Waals surface area contributed by atoms with Gasteiger partial charge in [0.15, 0.2) is 0 Å². The molecule has 3 rings (SSSR count). The predicted molar refractivity (Wildman–Crippen MR) is 94.5 cm³/mol. The molecule has 1 heterocycles. The Morgan fingerprint density at radius 1 is 1.20 bits per heavy atom. The van der Waals surface area contributed by atoms with E-state index in [0.29, 0.717) is 17.7 Å². The van der Waals surface area contributed by atoms with Crippen molar-refractivity contribution in [3.63, 3.8) is 0 Å². The van der Waals surface area contributed by atoms with E-state index in [2.05, 4.69) is 15.4 Å². The van der Waals surface area contributed by atoms with Gasteiger partial charge in [0.05, 0.1) is 26.2 Å². The van der Waals surface area contributed by atoms with Crippen molar-refractivity contribution in [2.24, 2.45) is 5.92 Å². The topological polar surface area (TPSA) is 76.7 Å². The van der Waals surface area contributed by atoms with Gasteiger partial charge in [0.25, 0.3) is 0 Å². The molecule has 0 bridgehead atoms. The van der Waals surface area contributed by atoms with E-state index in [0.717, 1.165) is 12.1 Å². The maximum Gasteiger partial charge on any atom is 0.308 e. The number of amides is 1. The number of fused-ring (bicyclic) bond motifs is 1. The third kappa shape index (κ3) is 4.72. The lowest BCUT2D eigenvalue weighted by Crippen LogP contribution is -2.39. The van der Waals surface area contributed by atoms with Gasteiger partial charge in [-0.3, -0.25) is 9.59 Å². The first-order valence-electron chi connectivity index (χ1n) is 9.02. The van der Waals surface area contributed by atoms with Crippen LogP contribution < -0.4 is 15.4 Å². The highest BCUT2D eigenvalue weighted by molar-refractivity contribution is 5.95. The third-order valence-corrected chi connectivity index (χ3v) is 5.10. The fourth-order valence-corrected chi connectivity index (χ4v) is 3.74. The van der Waals surface area contributed by atoms with Crippen molar-refractivity contribution in [2.45, 2.75) is 50.6 Å². The fourth-order valence-electron chi connectivity index (χ4n) is 3.74. The molecule has 1 amide bonds. The molecule has 1 aromatic carbocycles. The van der Waals surface area contributed by atoms with Crippen LogP contribution in [0.3, 0.4) is 0 Å². The first kappa shape index (κ1) is 17.7. The van der Waals surface area contributed by atoms with Gasteiger partial charge in [0.1, 0.15) is 5.75 Å². The SMILES string of the molecule is COC(=O)CCOc1ccc(NC(=O)C2CC3CCCCC3N2)cc1. The van der Waals surface area contributed by atoms with Gasteiger partial charge in [0, 0.05) is 11.7 Å². The Balaban J connectivity index is 1.46. The van der Waals surface area contributed by atoms with Crippen molar-refractivity contribution in [3.05, 3.63) is 24.3 Å². The van der Waals surface area contributed by atoms with Crippen molar-refractivity contribution in [3.8, 4) is 5.75 Å². The standard InChI is InChI=1S/C19H26N2O4/c1-24-18(22)10-11-25-15-8-6-14(7-9-15)20-19(23)17-12-13-4-2-3-5-16(13)21-17/h6-9,13,16-17,21H,2-5,10-12H2,1H3,(H,20,23). The molecular weight excluding hydrogens is 320 g/mol. The number of carbonyl (C=O) groups is 2. The maximum atomic E-state index is 12.5. The highest BCUT2D eigenvalue weighted by Crippen LogP contribution is 2.33. The Morgan fingerprint density at radius 2 is 1.96 bits per heavy atom. The number of methoxy groups -OCH3 is 1. The van der Waals surface area contributed by atoms with Crippen molar-refractivity contribution in [1.29, 1.82) is 0 Å². The van der Waals surface area contributed by atoms with Crippen LogP contribution in [-0.4, -0.2) is 37.7 Å². The van der Waals surface area contributed by atoms with E-state index in [1.165, 1.54) is 32.8 Å². The van der Waals surface area contributed by atoms with Crippen LogP contribution >= 0.6 is 0 Å². The number of benzene rings is 1. The quantitative estimate of drug-likeness (QED) is 0.774. The second-order valence-corrected chi connectivity index (χ2v) is 6.79. The number of hydrogen-bond donors (Lipinski definition) is 2. The van der Waals surface area contributed by atoms with Gasteiger partial charge in [-0.15, -0.1) is 0 Å². The van der Waals surface area contributed by atoms with Crippen molar-refractivity contribution in [1.82, 2.24) is 5.32 Å². The fraction of sp³-hybridized carbons (Fsp3) is 0.579.